The van der Waals surface area contributed by atoms with Gasteiger partial charge in [0, 0.05) is 54.1 Å². The summed E-state index contributed by atoms with van der Waals surface area (Å²) in [6, 6.07) is 6.44. The van der Waals surface area contributed by atoms with Gasteiger partial charge in [0.1, 0.15) is 0 Å². The van der Waals surface area contributed by atoms with Crippen LogP contribution in [0.25, 0.3) is 0 Å². The Morgan fingerprint density at radius 3 is 2.40 bits per heavy atom. The molecule has 3 nitrogen and oxygen atoms in total. The first-order valence-electron chi connectivity index (χ1n) is 7.71. The summed E-state index contributed by atoms with van der Waals surface area (Å²) in [7, 11) is 2.24. The van der Waals surface area contributed by atoms with Gasteiger partial charge in [-0.1, -0.05) is 13.8 Å². The van der Waals surface area contributed by atoms with Crippen molar-refractivity contribution in [2.45, 2.75) is 58.9 Å². The van der Waals surface area contributed by atoms with Gasteiger partial charge in [0.25, 0.3) is 0 Å². The number of hydrogen-bond donors (Lipinski definition) is 1. The van der Waals surface area contributed by atoms with E-state index >= 15 is 0 Å². The van der Waals surface area contributed by atoms with Crippen LogP contribution in [-0.4, -0.2) is 48.1 Å². The van der Waals surface area contributed by atoms with E-state index in [0.717, 1.165) is 13.1 Å². The van der Waals surface area contributed by atoms with E-state index in [2.05, 4.69) is 62.0 Å². The molecule has 0 aliphatic carbocycles. The Hall–Kier alpha value is -0.420. The van der Waals surface area contributed by atoms with Crippen molar-refractivity contribution in [1.29, 1.82) is 0 Å². The second kappa shape index (κ2) is 7.03. The zero-order valence-electron chi connectivity index (χ0n) is 13.5. The van der Waals surface area contributed by atoms with Gasteiger partial charge >= 0.3 is 0 Å². The Labute approximate surface area is 128 Å². The van der Waals surface area contributed by atoms with Crippen molar-refractivity contribution in [3.63, 3.8) is 0 Å². The SMILES string of the molecule is CC(C)NCc1ccc(CN2CC(C)N(C)C(C)C2)s1. The van der Waals surface area contributed by atoms with Gasteiger partial charge in [0.2, 0.25) is 0 Å². The number of hydrogen-bond acceptors (Lipinski definition) is 4. The van der Waals surface area contributed by atoms with Crippen molar-refractivity contribution in [1.82, 2.24) is 15.1 Å². The monoisotopic (exact) mass is 295 g/mol. The summed E-state index contributed by atoms with van der Waals surface area (Å²) in [4.78, 5) is 8.03. The molecule has 1 aromatic rings. The Morgan fingerprint density at radius 1 is 1.20 bits per heavy atom. The predicted octanol–water partition coefficient (Wildman–Crippen LogP) is 2.77. The molecule has 4 heteroatoms. The first-order valence-corrected chi connectivity index (χ1v) is 8.52. The summed E-state index contributed by atoms with van der Waals surface area (Å²) >= 11 is 1.95. The molecule has 1 aromatic heterocycles. The highest BCUT2D eigenvalue weighted by Gasteiger charge is 2.26. The highest BCUT2D eigenvalue weighted by molar-refractivity contribution is 7.11. The second-order valence-corrected chi connectivity index (χ2v) is 7.71. The summed E-state index contributed by atoms with van der Waals surface area (Å²) < 4.78 is 0. The Bertz CT molecular complexity index is 404. The predicted molar refractivity (Wildman–Crippen MR) is 88.3 cm³/mol. The summed E-state index contributed by atoms with van der Waals surface area (Å²) in [5.74, 6) is 0. The first kappa shape index (κ1) is 16.0. The molecule has 1 saturated heterocycles. The van der Waals surface area contributed by atoms with Crippen LogP contribution in [0.4, 0.5) is 0 Å². The van der Waals surface area contributed by atoms with E-state index < -0.39 is 0 Å². The van der Waals surface area contributed by atoms with Gasteiger partial charge in [-0.25, -0.2) is 0 Å². The number of likely N-dealkylation sites (N-methyl/N-ethyl adjacent to an activating group) is 1. The average molecular weight is 295 g/mol. The lowest BCUT2D eigenvalue weighted by atomic mass is 10.1. The van der Waals surface area contributed by atoms with Crippen LogP contribution in [0, 0.1) is 0 Å². The van der Waals surface area contributed by atoms with Crippen molar-refractivity contribution in [2.24, 2.45) is 0 Å². The van der Waals surface area contributed by atoms with Crippen molar-refractivity contribution in [2.75, 3.05) is 20.1 Å². The van der Waals surface area contributed by atoms with Crippen LogP contribution in [0.3, 0.4) is 0 Å². The van der Waals surface area contributed by atoms with Crippen LogP contribution >= 0.6 is 11.3 Å². The molecule has 0 saturated carbocycles. The largest absolute Gasteiger partial charge is 0.310 e. The van der Waals surface area contributed by atoms with Crippen LogP contribution < -0.4 is 5.32 Å². The third-order valence-electron chi connectivity index (χ3n) is 4.22. The lowest BCUT2D eigenvalue weighted by molar-refractivity contribution is 0.0562. The van der Waals surface area contributed by atoms with E-state index in [9.17, 15) is 0 Å². The van der Waals surface area contributed by atoms with Crippen molar-refractivity contribution < 1.29 is 0 Å². The fraction of sp³-hybridized carbons (Fsp3) is 0.750. The van der Waals surface area contributed by atoms with Crippen LogP contribution in [0.2, 0.25) is 0 Å². The highest BCUT2D eigenvalue weighted by atomic mass is 32.1. The quantitative estimate of drug-likeness (QED) is 0.901. The van der Waals surface area contributed by atoms with Crippen LogP contribution in [0.15, 0.2) is 12.1 Å². The summed E-state index contributed by atoms with van der Waals surface area (Å²) in [5, 5.41) is 3.49. The Kier molecular flexibility index (Phi) is 5.61. The summed E-state index contributed by atoms with van der Waals surface area (Å²) in [6.45, 7) is 13.5. The van der Waals surface area contributed by atoms with Crippen LogP contribution in [-0.2, 0) is 13.1 Å². The number of thiophene rings is 1. The Morgan fingerprint density at radius 2 is 1.80 bits per heavy atom. The van der Waals surface area contributed by atoms with E-state index in [1.807, 2.05) is 11.3 Å². The van der Waals surface area contributed by atoms with Crippen molar-refractivity contribution >= 4 is 11.3 Å². The van der Waals surface area contributed by atoms with Gasteiger partial charge in [-0.15, -0.1) is 11.3 Å². The maximum atomic E-state index is 3.49. The molecule has 0 bridgehead atoms. The molecule has 2 rings (SSSR count). The average Bonchev–Trinajstić information content (AvgIpc) is 2.81. The summed E-state index contributed by atoms with van der Waals surface area (Å²) in [6.07, 6.45) is 0. The van der Waals surface area contributed by atoms with Gasteiger partial charge in [-0.3, -0.25) is 9.80 Å². The fourth-order valence-electron chi connectivity index (χ4n) is 2.77. The lowest BCUT2D eigenvalue weighted by Gasteiger charge is -2.42. The van der Waals surface area contributed by atoms with E-state index in [4.69, 9.17) is 0 Å². The van der Waals surface area contributed by atoms with Gasteiger partial charge in [-0.2, -0.15) is 0 Å². The lowest BCUT2D eigenvalue weighted by Crippen LogP contribution is -2.54. The molecule has 1 N–H and O–H groups in total. The van der Waals surface area contributed by atoms with E-state index in [1.54, 1.807) is 0 Å². The molecule has 0 aromatic carbocycles. The fourth-order valence-corrected chi connectivity index (χ4v) is 3.78. The molecule has 0 spiro atoms. The zero-order chi connectivity index (χ0) is 14.7. The molecule has 1 fully saturated rings. The Balaban J connectivity index is 1.87. The van der Waals surface area contributed by atoms with Crippen molar-refractivity contribution in [3.8, 4) is 0 Å². The minimum Gasteiger partial charge on any atom is -0.310 e. The molecule has 2 heterocycles. The molecule has 1 aliphatic rings. The van der Waals surface area contributed by atoms with Gasteiger partial charge in [0.15, 0.2) is 0 Å². The number of nitrogens with zero attached hydrogens (tertiary/aromatic N) is 2. The first-order chi connectivity index (χ1) is 9.45. The summed E-state index contributed by atoms with van der Waals surface area (Å²) in [5.41, 5.74) is 0. The molecular weight excluding hydrogens is 266 g/mol. The van der Waals surface area contributed by atoms with Gasteiger partial charge in [0.05, 0.1) is 0 Å². The molecular formula is C16H29N3S. The van der Waals surface area contributed by atoms with Gasteiger partial charge in [-0.05, 0) is 33.0 Å². The second-order valence-electron chi connectivity index (χ2n) is 6.46. The molecule has 0 radical (unpaired) electrons. The maximum absolute atomic E-state index is 3.49. The smallest absolute Gasteiger partial charge is 0.0329 e. The molecule has 1 aliphatic heterocycles. The normalized spacial score (nSPS) is 25.5. The maximum Gasteiger partial charge on any atom is 0.0329 e. The standard InChI is InChI=1S/C16H29N3S/c1-12(2)17-8-15-6-7-16(20-15)11-19-9-13(3)18(5)14(4)10-19/h6-7,12-14,17H,8-11H2,1-5H3. The number of rotatable bonds is 5. The van der Waals surface area contributed by atoms with E-state index in [1.165, 1.54) is 22.8 Å². The third kappa shape index (κ3) is 4.29. The van der Waals surface area contributed by atoms with E-state index in [0.29, 0.717) is 18.1 Å². The molecule has 2 unspecified atom stereocenters. The molecule has 0 amide bonds. The molecule has 2 atom stereocenters. The zero-order valence-corrected chi connectivity index (χ0v) is 14.3. The van der Waals surface area contributed by atoms with E-state index in [-0.39, 0.29) is 0 Å². The minimum absolute atomic E-state index is 0.555. The van der Waals surface area contributed by atoms with Crippen LogP contribution in [0.1, 0.15) is 37.4 Å². The third-order valence-corrected chi connectivity index (χ3v) is 5.29. The van der Waals surface area contributed by atoms with Gasteiger partial charge < -0.3 is 5.32 Å². The number of piperazine rings is 1. The highest BCUT2D eigenvalue weighted by Crippen LogP contribution is 2.21. The minimum atomic E-state index is 0.555. The van der Waals surface area contributed by atoms with Crippen LogP contribution in [0.5, 0.6) is 0 Å². The number of nitrogens with one attached hydrogen (secondary N) is 1. The van der Waals surface area contributed by atoms with Crippen molar-refractivity contribution in [3.05, 3.63) is 21.9 Å². The molecule has 114 valence electrons. The molecule has 20 heavy (non-hydrogen) atoms. The topological polar surface area (TPSA) is 18.5 Å².